The molecule has 0 spiro atoms. The number of aliphatic imine (C=N–C) groups is 1. The molecule has 2 aromatic rings. The monoisotopic (exact) mass is 401 g/mol. The smallest absolute Gasteiger partial charge is 0.191 e. The van der Waals surface area contributed by atoms with Gasteiger partial charge in [0.1, 0.15) is 0 Å². The predicted octanol–water partition coefficient (Wildman–Crippen LogP) is 2.81. The van der Waals surface area contributed by atoms with E-state index in [9.17, 15) is 0 Å². The van der Waals surface area contributed by atoms with Crippen molar-refractivity contribution >= 4 is 5.96 Å². The van der Waals surface area contributed by atoms with Gasteiger partial charge in [0.25, 0.3) is 0 Å². The van der Waals surface area contributed by atoms with E-state index in [1.807, 2.05) is 13.8 Å². The van der Waals surface area contributed by atoms with Crippen LogP contribution in [0.4, 0.5) is 0 Å². The van der Waals surface area contributed by atoms with Gasteiger partial charge in [-0.05, 0) is 44.4 Å². The quantitative estimate of drug-likeness (QED) is 0.325. The molecule has 0 radical (unpaired) electrons. The van der Waals surface area contributed by atoms with Gasteiger partial charge >= 0.3 is 0 Å². The first-order chi connectivity index (χ1) is 14.1. The Hall–Kier alpha value is -2.38. The molecule has 0 saturated carbocycles. The molecule has 2 N–H and O–H groups in total. The molecule has 29 heavy (non-hydrogen) atoms. The zero-order valence-electron chi connectivity index (χ0n) is 18.2. The maximum absolute atomic E-state index is 5.65. The number of hydrogen-bond donors (Lipinski definition) is 2. The van der Waals surface area contributed by atoms with Crippen molar-refractivity contribution in [3.8, 4) is 0 Å². The van der Waals surface area contributed by atoms with E-state index < -0.39 is 0 Å². The molecule has 0 fully saturated rings. The average molecular weight is 402 g/mol. The largest absolute Gasteiger partial charge is 0.379 e. The molecule has 1 aromatic carbocycles. The van der Waals surface area contributed by atoms with Gasteiger partial charge in [-0.3, -0.25) is 9.67 Å². The fourth-order valence-electron chi connectivity index (χ4n) is 3.02. The van der Waals surface area contributed by atoms with E-state index in [2.05, 4.69) is 62.7 Å². The summed E-state index contributed by atoms with van der Waals surface area (Å²) in [5.41, 5.74) is 4.62. The van der Waals surface area contributed by atoms with Crippen molar-refractivity contribution in [3.63, 3.8) is 0 Å². The minimum absolute atomic E-state index is 0.597. The van der Waals surface area contributed by atoms with Gasteiger partial charge in [-0.15, -0.1) is 0 Å². The topological polar surface area (TPSA) is 72.7 Å². The number of rotatable bonds is 12. The van der Waals surface area contributed by atoms with Crippen molar-refractivity contribution in [2.75, 3.05) is 33.4 Å². The van der Waals surface area contributed by atoms with E-state index in [-0.39, 0.29) is 0 Å². The molecule has 0 aliphatic rings. The molecular formula is C22H35N5O2. The molecule has 160 valence electrons. The Morgan fingerprint density at radius 2 is 1.90 bits per heavy atom. The first-order valence-corrected chi connectivity index (χ1v) is 10.3. The van der Waals surface area contributed by atoms with Crippen molar-refractivity contribution in [1.29, 1.82) is 0 Å². The van der Waals surface area contributed by atoms with Crippen LogP contribution in [-0.2, 0) is 29.2 Å². The van der Waals surface area contributed by atoms with Crippen molar-refractivity contribution in [3.05, 3.63) is 52.8 Å². The summed E-state index contributed by atoms with van der Waals surface area (Å²) >= 11 is 0. The van der Waals surface area contributed by atoms with Crippen LogP contribution in [0.5, 0.6) is 0 Å². The third kappa shape index (κ3) is 8.66. The minimum Gasteiger partial charge on any atom is -0.379 e. The summed E-state index contributed by atoms with van der Waals surface area (Å²) < 4.78 is 13.0. The molecule has 0 unspecified atom stereocenters. The summed E-state index contributed by atoms with van der Waals surface area (Å²) in [4.78, 5) is 4.30. The lowest BCUT2D eigenvalue weighted by molar-refractivity contribution is 0.0453. The SMILES string of the molecule is CCOCCOCc1cccc(CNC(=NC)NCCCn2nc(C)cc2C)c1. The standard InChI is InChI=1S/C22H35N5O2/c1-5-28-12-13-29-17-21-9-6-8-20(15-21)16-25-22(23-4)24-10-7-11-27-19(3)14-18(2)26-27/h6,8-9,14-15H,5,7,10-13,16-17H2,1-4H3,(H2,23,24,25). The van der Waals surface area contributed by atoms with Gasteiger partial charge in [0, 0.05) is 39.0 Å². The van der Waals surface area contributed by atoms with E-state index in [0.29, 0.717) is 26.4 Å². The molecule has 2 rings (SSSR count). The zero-order valence-corrected chi connectivity index (χ0v) is 18.2. The lowest BCUT2D eigenvalue weighted by Crippen LogP contribution is -2.37. The number of benzene rings is 1. The Kier molecular flexibility index (Phi) is 10.2. The highest BCUT2D eigenvalue weighted by Crippen LogP contribution is 2.07. The van der Waals surface area contributed by atoms with Gasteiger partial charge in [0.2, 0.25) is 0 Å². The van der Waals surface area contributed by atoms with Crippen LogP contribution >= 0.6 is 0 Å². The number of guanidine groups is 1. The van der Waals surface area contributed by atoms with Crippen LogP contribution in [0.15, 0.2) is 35.3 Å². The van der Waals surface area contributed by atoms with Crippen LogP contribution in [0.25, 0.3) is 0 Å². The molecule has 0 amide bonds. The van der Waals surface area contributed by atoms with Gasteiger partial charge in [0.15, 0.2) is 5.96 Å². The second-order valence-electron chi connectivity index (χ2n) is 6.93. The lowest BCUT2D eigenvalue weighted by atomic mass is 10.1. The van der Waals surface area contributed by atoms with Crippen molar-refractivity contribution in [2.24, 2.45) is 4.99 Å². The Balaban J connectivity index is 1.69. The molecule has 1 aromatic heterocycles. The van der Waals surface area contributed by atoms with Crippen LogP contribution in [0.3, 0.4) is 0 Å². The first kappa shape index (κ1) is 22.9. The van der Waals surface area contributed by atoms with E-state index in [1.165, 1.54) is 11.3 Å². The summed E-state index contributed by atoms with van der Waals surface area (Å²) in [5.74, 6) is 0.803. The summed E-state index contributed by atoms with van der Waals surface area (Å²) in [7, 11) is 1.79. The van der Waals surface area contributed by atoms with Crippen LogP contribution < -0.4 is 10.6 Å². The molecule has 0 aliphatic heterocycles. The summed E-state index contributed by atoms with van der Waals surface area (Å²) in [6, 6.07) is 10.5. The third-order valence-corrected chi connectivity index (χ3v) is 4.46. The Labute approximate surface area is 174 Å². The van der Waals surface area contributed by atoms with Crippen molar-refractivity contribution < 1.29 is 9.47 Å². The van der Waals surface area contributed by atoms with E-state index in [0.717, 1.165) is 43.3 Å². The fraction of sp³-hybridized carbons (Fsp3) is 0.545. The van der Waals surface area contributed by atoms with Crippen molar-refractivity contribution in [2.45, 2.75) is 46.9 Å². The number of ether oxygens (including phenoxy) is 2. The van der Waals surface area contributed by atoms with Crippen LogP contribution in [-0.4, -0.2) is 49.2 Å². The van der Waals surface area contributed by atoms with E-state index in [4.69, 9.17) is 9.47 Å². The molecule has 7 heteroatoms. The Bertz CT molecular complexity index is 757. The second kappa shape index (κ2) is 13.0. The zero-order chi connectivity index (χ0) is 20.9. The van der Waals surface area contributed by atoms with Gasteiger partial charge in [-0.25, -0.2) is 0 Å². The number of nitrogens with zero attached hydrogens (tertiary/aromatic N) is 3. The molecular weight excluding hydrogens is 366 g/mol. The molecule has 0 aliphatic carbocycles. The highest BCUT2D eigenvalue weighted by molar-refractivity contribution is 5.79. The fourth-order valence-corrected chi connectivity index (χ4v) is 3.02. The minimum atomic E-state index is 0.597. The van der Waals surface area contributed by atoms with Gasteiger partial charge < -0.3 is 20.1 Å². The second-order valence-corrected chi connectivity index (χ2v) is 6.93. The van der Waals surface area contributed by atoms with Crippen LogP contribution in [0, 0.1) is 13.8 Å². The highest BCUT2D eigenvalue weighted by atomic mass is 16.5. The predicted molar refractivity (Wildman–Crippen MR) is 117 cm³/mol. The number of aromatic nitrogens is 2. The Morgan fingerprint density at radius 3 is 2.62 bits per heavy atom. The van der Waals surface area contributed by atoms with Gasteiger partial charge in [0.05, 0.1) is 25.5 Å². The molecule has 0 bridgehead atoms. The van der Waals surface area contributed by atoms with E-state index in [1.54, 1.807) is 7.05 Å². The number of hydrogen-bond acceptors (Lipinski definition) is 4. The van der Waals surface area contributed by atoms with E-state index >= 15 is 0 Å². The maximum atomic E-state index is 5.65. The average Bonchev–Trinajstić information content (AvgIpc) is 3.04. The first-order valence-electron chi connectivity index (χ1n) is 10.3. The van der Waals surface area contributed by atoms with Crippen molar-refractivity contribution in [1.82, 2.24) is 20.4 Å². The summed E-state index contributed by atoms with van der Waals surface area (Å²) in [6.45, 7) is 11.1. The van der Waals surface area contributed by atoms with Gasteiger partial charge in [-0.1, -0.05) is 24.3 Å². The summed E-state index contributed by atoms with van der Waals surface area (Å²) in [5, 5.41) is 11.2. The van der Waals surface area contributed by atoms with Crippen LogP contribution in [0.1, 0.15) is 35.9 Å². The van der Waals surface area contributed by atoms with Gasteiger partial charge in [-0.2, -0.15) is 5.10 Å². The molecule has 7 nitrogen and oxygen atoms in total. The van der Waals surface area contributed by atoms with Crippen LogP contribution in [0.2, 0.25) is 0 Å². The molecule has 1 heterocycles. The maximum Gasteiger partial charge on any atom is 0.191 e. The normalized spacial score (nSPS) is 11.7. The number of nitrogens with one attached hydrogen (secondary N) is 2. The number of aryl methyl sites for hydroxylation is 3. The lowest BCUT2D eigenvalue weighted by Gasteiger charge is -2.13. The third-order valence-electron chi connectivity index (χ3n) is 4.46. The molecule has 0 atom stereocenters. The molecule has 0 saturated heterocycles. The highest BCUT2D eigenvalue weighted by Gasteiger charge is 2.02. The Morgan fingerprint density at radius 1 is 1.10 bits per heavy atom. The summed E-state index contributed by atoms with van der Waals surface area (Å²) in [6.07, 6.45) is 0.983.